The Hall–Kier alpha value is -3.93. The van der Waals surface area contributed by atoms with Crippen molar-refractivity contribution in [1.29, 1.82) is 0 Å². The number of halogens is 4. The summed E-state index contributed by atoms with van der Waals surface area (Å²) in [6.07, 6.45) is -2.79. The van der Waals surface area contributed by atoms with Gasteiger partial charge in [-0.3, -0.25) is 14.4 Å². The topological polar surface area (TPSA) is 87.5 Å². The molecule has 1 N–H and O–H groups in total. The fourth-order valence-electron chi connectivity index (χ4n) is 4.68. The monoisotopic (exact) mass is 631 g/mol. The Morgan fingerprint density at radius 3 is 2.41 bits per heavy atom. The normalized spacial score (nSPS) is 15.6. The summed E-state index contributed by atoms with van der Waals surface area (Å²) < 4.78 is 41.8. The molecule has 0 saturated carbocycles. The van der Waals surface area contributed by atoms with Gasteiger partial charge in [-0.2, -0.15) is 13.2 Å². The Bertz CT molecular complexity index is 1570. The first kappa shape index (κ1) is 30.0. The molecule has 3 aromatic rings. The minimum Gasteiger partial charge on any atom is -0.355 e. The number of carbonyl (C=O) groups excluding carboxylic acids is 2. The fraction of sp³-hybridized carbons (Fsp3) is 0.310. The van der Waals surface area contributed by atoms with Crippen LogP contribution in [-0.4, -0.2) is 52.4 Å². The lowest BCUT2D eigenvalue weighted by atomic mass is 9.98. The molecule has 2 heterocycles. The van der Waals surface area contributed by atoms with Crippen LogP contribution in [0, 0.1) is 0 Å². The number of likely N-dealkylation sites (N-methyl/N-ethyl adjacent to an activating group) is 1. The van der Waals surface area contributed by atoms with Gasteiger partial charge in [-0.25, -0.2) is 9.55 Å². The molecule has 0 bridgehead atoms. The number of amides is 2. The highest BCUT2D eigenvalue weighted by Crippen LogP contribution is 2.36. The van der Waals surface area contributed by atoms with E-state index in [4.69, 9.17) is 4.98 Å². The van der Waals surface area contributed by atoms with Crippen LogP contribution in [0.15, 0.2) is 64.4 Å². The van der Waals surface area contributed by atoms with Crippen molar-refractivity contribution in [3.05, 3.63) is 97.9 Å². The molecule has 0 fully saturated rings. The summed E-state index contributed by atoms with van der Waals surface area (Å²) in [6, 6.07) is 9.19. The molecule has 216 valence electrons. The maximum atomic E-state index is 14.0. The number of nitrogens with zero attached hydrogens (tertiary/aromatic N) is 4. The minimum atomic E-state index is -4.64. The zero-order chi connectivity index (χ0) is 30.2. The van der Waals surface area contributed by atoms with Crippen molar-refractivity contribution in [2.75, 3.05) is 19.0 Å². The second-order valence-electron chi connectivity index (χ2n) is 9.87. The third-order valence-electron chi connectivity index (χ3n) is 7.26. The summed E-state index contributed by atoms with van der Waals surface area (Å²) in [4.78, 5) is 47.4. The second-order valence-corrected chi connectivity index (χ2v) is 10.7. The van der Waals surface area contributed by atoms with Crippen molar-refractivity contribution < 1.29 is 22.8 Å². The predicted octanol–water partition coefficient (Wildman–Crippen LogP) is 4.97. The molecule has 0 spiro atoms. The highest BCUT2D eigenvalue weighted by Gasteiger charge is 2.36. The SMILES string of the molecule is C=C[C@H](C)N(C)c1nc2c(c(=O)n1-c1ccc(C(=O)NC)cc1)C[C@@H](C)N(C(=O)c1ccc(Br)c(C(F)(F)F)c1)C2. The molecular formula is C29H29BrF3N5O3. The smallest absolute Gasteiger partial charge is 0.355 e. The molecule has 2 atom stereocenters. The van der Waals surface area contributed by atoms with Gasteiger partial charge in [0, 0.05) is 47.3 Å². The van der Waals surface area contributed by atoms with E-state index in [0.717, 1.165) is 6.07 Å². The maximum absolute atomic E-state index is 14.0. The highest BCUT2D eigenvalue weighted by molar-refractivity contribution is 9.10. The molecule has 1 aliphatic heterocycles. The van der Waals surface area contributed by atoms with Crippen LogP contribution in [0.3, 0.4) is 0 Å². The molecule has 0 radical (unpaired) electrons. The Labute approximate surface area is 243 Å². The van der Waals surface area contributed by atoms with E-state index < -0.39 is 23.7 Å². The number of hydrogen-bond acceptors (Lipinski definition) is 5. The van der Waals surface area contributed by atoms with Gasteiger partial charge >= 0.3 is 6.18 Å². The Balaban J connectivity index is 1.80. The van der Waals surface area contributed by atoms with Crippen LogP contribution in [0.25, 0.3) is 5.69 Å². The number of rotatable bonds is 6. The van der Waals surface area contributed by atoms with Gasteiger partial charge in [0.2, 0.25) is 5.95 Å². The van der Waals surface area contributed by atoms with Gasteiger partial charge in [0.1, 0.15) is 0 Å². The minimum absolute atomic E-state index is 0.0538. The summed E-state index contributed by atoms with van der Waals surface area (Å²) in [5.41, 5.74) is 0.309. The molecule has 4 rings (SSSR count). The summed E-state index contributed by atoms with van der Waals surface area (Å²) in [5, 5.41) is 2.56. The Morgan fingerprint density at radius 2 is 1.83 bits per heavy atom. The number of hydrogen-bond donors (Lipinski definition) is 1. The van der Waals surface area contributed by atoms with Crippen molar-refractivity contribution >= 4 is 33.7 Å². The van der Waals surface area contributed by atoms with Gasteiger partial charge in [-0.1, -0.05) is 22.0 Å². The van der Waals surface area contributed by atoms with Crippen LogP contribution >= 0.6 is 15.9 Å². The number of aromatic nitrogens is 2. The lowest BCUT2D eigenvalue weighted by Crippen LogP contribution is -2.46. The van der Waals surface area contributed by atoms with Gasteiger partial charge in [-0.15, -0.1) is 6.58 Å². The predicted molar refractivity (Wildman–Crippen MR) is 153 cm³/mol. The molecule has 41 heavy (non-hydrogen) atoms. The third kappa shape index (κ3) is 5.79. The summed E-state index contributed by atoms with van der Waals surface area (Å²) in [7, 11) is 3.28. The number of nitrogens with one attached hydrogen (secondary N) is 1. The molecule has 0 aliphatic carbocycles. The number of fused-ring (bicyclic) bond motifs is 1. The number of anilines is 1. The van der Waals surface area contributed by atoms with Gasteiger partial charge in [0.15, 0.2) is 0 Å². The van der Waals surface area contributed by atoms with E-state index in [1.54, 1.807) is 49.2 Å². The molecule has 2 amide bonds. The van der Waals surface area contributed by atoms with E-state index in [1.807, 2.05) is 6.92 Å². The second kappa shape index (κ2) is 11.5. The number of carbonyl (C=O) groups is 2. The molecule has 1 aliphatic rings. The molecular weight excluding hydrogens is 603 g/mol. The van der Waals surface area contributed by atoms with Crippen LogP contribution < -0.4 is 15.8 Å². The highest BCUT2D eigenvalue weighted by atomic mass is 79.9. The van der Waals surface area contributed by atoms with Gasteiger partial charge in [0.05, 0.1) is 23.5 Å². The van der Waals surface area contributed by atoms with E-state index in [2.05, 4.69) is 27.8 Å². The summed E-state index contributed by atoms with van der Waals surface area (Å²) in [5.74, 6) is -0.568. The first-order valence-electron chi connectivity index (χ1n) is 12.8. The standard InChI is InChI=1S/C29H29BrF3N5O3/c1-6-16(2)36(5)28-35-24-15-37(26(40)19-9-12-23(30)22(14-19)29(31,32)33)17(3)13-21(24)27(41)38(28)20-10-7-18(8-11-20)25(39)34-4/h6-12,14,16-17H,1,13,15H2,2-5H3,(H,34,39)/t16-,17+/m0/s1. The van der Waals surface area contributed by atoms with Crippen LogP contribution in [0.1, 0.15) is 51.4 Å². The average molecular weight is 632 g/mol. The molecule has 1 aromatic heterocycles. The van der Waals surface area contributed by atoms with Crippen molar-refractivity contribution in [2.24, 2.45) is 0 Å². The fourth-order valence-corrected chi connectivity index (χ4v) is 5.15. The summed E-state index contributed by atoms with van der Waals surface area (Å²) in [6.45, 7) is 7.40. The van der Waals surface area contributed by atoms with Crippen molar-refractivity contribution in [3.8, 4) is 5.69 Å². The van der Waals surface area contributed by atoms with E-state index >= 15 is 0 Å². The Morgan fingerprint density at radius 1 is 1.20 bits per heavy atom. The largest absolute Gasteiger partial charge is 0.417 e. The first-order chi connectivity index (χ1) is 19.3. The number of benzene rings is 2. The molecule has 0 saturated heterocycles. The summed E-state index contributed by atoms with van der Waals surface area (Å²) >= 11 is 2.91. The van der Waals surface area contributed by atoms with Crippen LogP contribution in [0.5, 0.6) is 0 Å². The average Bonchev–Trinajstić information content (AvgIpc) is 2.95. The van der Waals surface area contributed by atoms with E-state index in [0.29, 0.717) is 28.5 Å². The van der Waals surface area contributed by atoms with Gasteiger partial charge < -0.3 is 15.1 Å². The maximum Gasteiger partial charge on any atom is 0.417 e. The van der Waals surface area contributed by atoms with Crippen LogP contribution in [0.2, 0.25) is 0 Å². The lowest BCUT2D eigenvalue weighted by Gasteiger charge is -2.36. The lowest BCUT2D eigenvalue weighted by molar-refractivity contribution is -0.138. The van der Waals surface area contributed by atoms with Crippen molar-refractivity contribution in [1.82, 2.24) is 19.8 Å². The Kier molecular flexibility index (Phi) is 8.44. The zero-order valence-corrected chi connectivity index (χ0v) is 24.5. The van der Waals surface area contributed by atoms with Crippen molar-refractivity contribution in [2.45, 2.75) is 45.1 Å². The van der Waals surface area contributed by atoms with E-state index in [1.165, 1.54) is 28.6 Å². The van der Waals surface area contributed by atoms with E-state index in [-0.39, 0.29) is 40.5 Å². The zero-order valence-electron chi connectivity index (χ0n) is 22.9. The van der Waals surface area contributed by atoms with E-state index in [9.17, 15) is 27.6 Å². The third-order valence-corrected chi connectivity index (χ3v) is 7.95. The first-order valence-corrected chi connectivity index (χ1v) is 13.6. The van der Waals surface area contributed by atoms with Crippen LogP contribution in [0.4, 0.5) is 19.1 Å². The number of alkyl halides is 3. The molecule has 0 unspecified atom stereocenters. The van der Waals surface area contributed by atoms with Crippen LogP contribution in [-0.2, 0) is 19.1 Å². The molecule has 8 nitrogen and oxygen atoms in total. The molecule has 12 heteroatoms. The van der Waals surface area contributed by atoms with Crippen molar-refractivity contribution in [3.63, 3.8) is 0 Å². The molecule has 2 aromatic carbocycles. The quantitative estimate of drug-likeness (QED) is 0.388. The van der Waals surface area contributed by atoms with Gasteiger partial charge in [0.25, 0.3) is 17.4 Å². The van der Waals surface area contributed by atoms with Gasteiger partial charge in [-0.05, 0) is 62.7 Å².